The molecule has 0 saturated carbocycles. The summed E-state index contributed by atoms with van der Waals surface area (Å²) >= 11 is 0. The monoisotopic (exact) mass is 222 g/mol. The summed E-state index contributed by atoms with van der Waals surface area (Å²) in [5.41, 5.74) is 0.932. The van der Waals surface area contributed by atoms with E-state index < -0.39 is 0 Å². The van der Waals surface area contributed by atoms with E-state index in [1.807, 2.05) is 0 Å². The second-order valence-corrected chi connectivity index (χ2v) is 4.82. The first-order valence-corrected chi connectivity index (χ1v) is 6.25. The second kappa shape index (κ2) is 4.18. The van der Waals surface area contributed by atoms with E-state index >= 15 is 0 Å². The van der Waals surface area contributed by atoms with Gasteiger partial charge < -0.3 is 5.32 Å². The van der Waals surface area contributed by atoms with Crippen molar-refractivity contribution in [3.05, 3.63) is 11.6 Å². The molecule has 3 rings (SSSR count). The highest BCUT2D eigenvalue weighted by Gasteiger charge is 2.34. The Bertz CT molecular complexity index is 321. The molecule has 2 saturated heterocycles. The van der Waals surface area contributed by atoms with Gasteiger partial charge in [-0.3, -0.25) is 9.63 Å². The predicted octanol–water partition coefficient (Wildman–Crippen LogP) is 0.991. The Hall–Kier alpha value is -0.870. The normalized spacial score (nSPS) is 33.8. The maximum atomic E-state index is 12.2. The number of fused-ring (bicyclic) bond motifs is 2. The molecular weight excluding hydrogens is 204 g/mol. The van der Waals surface area contributed by atoms with E-state index in [9.17, 15) is 4.79 Å². The number of allylic oxidation sites excluding steroid dienone is 1. The lowest BCUT2D eigenvalue weighted by molar-refractivity contribution is -0.164. The molecular formula is C12H18N2O2. The standard InChI is InChI=1S/C12H18N2O2/c15-12(14-7-2-8-16-14)10-4-1-3-9-5-6-11(10)13-9/h4,9,11,13H,1-3,5-8H2/t9-,11-/m1/s1. The van der Waals surface area contributed by atoms with E-state index in [4.69, 9.17) is 4.84 Å². The molecule has 4 nitrogen and oxygen atoms in total. The Morgan fingerprint density at radius 3 is 3.19 bits per heavy atom. The van der Waals surface area contributed by atoms with Gasteiger partial charge in [0.05, 0.1) is 13.2 Å². The molecule has 3 aliphatic heterocycles. The molecule has 0 spiro atoms. The first kappa shape index (κ1) is 10.3. The predicted molar refractivity (Wildman–Crippen MR) is 59.5 cm³/mol. The van der Waals surface area contributed by atoms with Crippen LogP contribution in [-0.2, 0) is 9.63 Å². The minimum absolute atomic E-state index is 0.0811. The first-order valence-electron chi connectivity index (χ1n) is 6.25. The Labute approximate surface area is 95.6 Å². The van der Waals surface area contributed by atoms with Crippen LogP contribution >= 0.6 is 0 Å². The van der Waals surface area contributed by atoms with E-state index in [0.29, 0.717) is 12.6 Å². The Morgan fingerprint density at radius 1 is 1.44 bits per heavy atom. The second-order valence-electron chi connectivity index (χ2n) is 4.82. The zero-order chi connectivity index (χ0) is 11.0. The van der Waals surface area contributed by atoms with Crippen LogP contribution in [0.15, 0.2) is 11.6 Å². The maximum absolute atomic E-state index is 12.2. The van der Waals surface area contributed by atoms with Crippen molar-refractivity contribution in [3.8, 4) is 0 Å². The van der Waals surface area contributed by atoms with E-state index in [1.165, 1.54) is 11.5 Å². The van der Waals surface area contributed by atoms with E-state index in [-0.39, 0.29) is 11.9 Å². The molecule has 3 aliphatic rings. The number of amides is 1. The van der Waals surface area contributed by atoms with Gasteiger partial charge in [-0.1, -0.05) is 6.08 Å². The van der Waals surface area contributed by atoms with Crippen LogP contribution in [-0.4, -0.2) is 36.2 Å². The lowest BCUT2D eigenvalue weighted by Crippen LogP contribution is -2.37. The molecule has 0 unspecified atom stereocenters. The fourth-order valence-corrected chi connectivity index (χ4v) is 2.86. The van der Waals surface area contributed by atoms with Crippen LogP contribution in [0.2, 0.25) is 0 Å². The van der Waals surface area contributed by atoms with Crippen molar-refractivity contribution in [1.29, 1.82) is 0 Å². The van der Waals surface area contributed by atoms with Crippen LogP contribution in [0.3, 0.4) is 0 Å². The number of rotatable bonds is 1. The van der Waals surface area contributed by atoms with Crippen LogP contribution in [0, 0.1) is 0 Å². The summed E-state index contributed by atoms with van der Waals surface area (Å²) in [7, 11) is 0. The van der Waals surface area contributed by atoms with Gasteiger partial charge in [0, 0.05) is 17.7 Å². The fourth-order valence-electron chi connectivity index (χ4n) is 2.86. The zero-order valence-electron chi connectivity index (χ0n) is 9.45. The smallest absolute Gasteiger partial charge is 0.274 e. The SMILES string of the molecule is O=C(C1=CCC[C@@H]2CC[C@H]1N2)N1CCCO1. The summed E-state index contributed by atoms with van der Waals surface area (Å²) in [4.78, 5) is 17.6. The molecule has 4 heteroatoms. The number of carbonyl (C=O) groups excluding carboxylic acids is 1. The lowest BCUT2D eigenvalue weighted by atomic mass is 9.99. The third kappa shape index (κ3) is 1.76. The molecule has 2 atom stereocenters. The van der Waals surface area contributed by atoms with Gasteiger partial charge in [-0.05, 0) is 32.1 Å². The third-order valence-electron chi connectivity index (χ3n) is 3.72. The summed E-state index contributed by atoms with van der Waals surface area (Å²) in [6.07, 6.45) is 7.55. The van der Waals surface area contributed by atoms with Crippen LogP contribution in [0.5, 0.6) is 0 Å². The largest absolute Gasteiger partial charge is 0.307 e. The van der Waals surface area contributed by atoms with E-state index in [2.05, 4.69) is 11.4 Å². The average Bonchev–Trinajstić information content (AvgIpc) is 2.87. The summed E-state index contributed by atoms with van der Waals surface area (Å²) < 4.78 is 0. The Morgan fingerprint density at radius 2 is 2.38 bits per heavy atom. The van der Waals surface area contributed by atoms with Gasteiger partial charge in [0.15, 0.2) is 0 Å². The molecule has 88 valence electrons. The lowest BCUT2D eigenvalue weighted by Gasteiger charge is -2.19. The Balaban J connectivity index is 1.76. The van der Waals surface area contributed by atoms with Gasteiger partial charge in [-0.2, -0.15) is 0 Å². The highest BCUT2D eigenvalue weighted by atomic mass is 16.7. The van der Waals surface area contributed by atoms with Crippen molar-refractivity contribution in [2.75, 3.05) is 13.2 Å². The van der Waals surface area contributed by atoms with Crippen LogP contribution < -0.4 is 5.32 Å². The quantitative estimate of drug-likeness (QED) is 0.719. The topological polar surface area (TPSA) is 41.6 Å². The molecule has 0 radical (unpaired) electrons. The molecule has 16 heavy (non-hydrogen) atoms. The molecule has 0 aromatic carbocycles. The summed E-state index contributed by atoms with van der Waals surface area (Å²) in [5, 5.41) is 5.07. The maximum Gasteiger partial charge on any atom is 0.274 e. The molecule has 0 aromatic rings. The summed E-state index contributed by atoms with van der Waals surface area (Å²) in [6.45, 7) is 1.42. The number of hydrogen-bond donors (Lipinski definition) is 1. The van der Waals surface area contributed by atoms with Crippen molar-refractivity contribution in [2.24, 2.45) is 0 Å². The van der Waals surface area contributed by atoms with Gasteiger partial charge in [-0.15, -0.1) is 0 Å². The summed E-state index contributed by atoms with van der Waals surface area (Å²) in [6, 6.07) is 0.884. The third-order valence-corrected chi connectivity index (χ3v) is 3.72. The first-order chi connectivity index (χ1) is 7.84. The molecule has 0 aromatic heterocycles. The number of nitrogens with one attached hydrogen (secondary N) is 1. The number of hydroxylamine groups is 2. The van der Waals surface area contributed by atoms with Crippen molar-refractivity contribution >= 4 is 5.91 Å². The van der Waals surface area contributed by atoms with Crippen LogP contribution in [0.1, 0.15) is 32.1 Å². The molecule has 1 N–H and O–H groups in total. The minimum atomic E-state index is 0.0811. The molecule has 3 heterocycles. The highest BCUT2D eigenvalue weighted by molar-refractivity contribution is 5.94. The van der Waals surface area contributed by atoms with Gasteiger partial charge in [0.2, 0.25) is 0 Å². The van der Waals surface area contributed by atoms with Gasteiger partial charge in [0.25, 0.3) is 5.91 Å². The van der Waals surface area contributed by atoms with Gasteiger partial charge in [0.1, 0.15) is 0 Å². The van der Waals surface area contributed by atoms with Crippen LogP contribution in [0.4, 0.5) is 0 Å². The zero-order valence-corrected chi connectivity index (χ0v) is 9.45. The average molecular weight is 222 g/mol. The van der Waals surface area contributed by atoms with E-state index in [1.54, 1.807) is 0 Å². The van der Waals surface area contributed by atoms with Crippen molar-refractivity contribution in [2.45, 2.75) is 44.2 Å². The number of nitrogens with zero attached hydrogens (tertiary/aromatic N) is 1. The molecule has 2 bridgehead atoms. The van der Waals surface area contributed by atoms with Gasteiger partial charge in [-0.25, -0.2) is 5.06 Å². The molecule has 1 amide bonds. The highest BCUT2D eigenvalue weighted by Crippen LogP contribution is 2.27. The number of carbonyl (C=O) groups is 1. The summed E-state index contributed by atoms with van der Waals surface area (Å²) in [5.74, 6) is 0.0811. The number of hydrogen-bond acceptors (Lipinski definition) is 3. The van der Waals surface area contributed by atoms with Crippen molar-refractivity contribution in [1.82, 2.24) is 10.4 Å². The van der Waals surface area contributed by atoms with Crippen molar-refractivity contribution < 1.29 is 9.63 Å². The fraction of sp³-hybridized carbons (Fsp3) is 0.750. The Kier molecular flexibility index (Phi) is 2.69. The van der Waals surface area contributed by atoms with E-state index in [0.717, 1.165) is 37.8 Å². The molecule has 2 fully saturated rings. The minimum Gasteiger partial charge on any atom is -0.307 e. The van der Waals surface area contributed by atoms with Crippen molar-refractivity contribution in [3.63, 3.8) is 0 Å². The van der Waals surface area contributed by atoms with Crippen LogP contribution in [0.25, 0.3) is 0 Å². The molecule has 0 aliphatic carbocycles. The van der Waals surface area contributed by atoms with Gasteiger partial charge >= 0.3 is 0 Å².